The van der Waals surface area contributed by atoms with Crippen LogP contribution in [-0.2, 0) is 9.59 Å². The first-order chi connectivity index (χ1) is 8.56. The largest absolute Gasteiger partial charge is 0.339 e. The van der Waals surface area contributed by atoms with Crippen LogP contribution in [0.3, 0.4) is 0 Å². The van der Waals surface area contributed by atoms with Gasteiger partial charge in [0.1, 0.15) is 0 Å². The molecule has 0 heterocycles. The van der Waals surface area contributed by atoms with Gasteiger partial charge in [0, 0.05) is 36.9 Å². The maximum atomic E-state index is 11.8. The minimum absolute atomic E-state index is 0.147. The summed E-state index contributed by atoms with van der Waals surface area (Å²) < 4.78 is 0. The molecule has 0 aliphatic carbocycles. The molecule has 18 heavy (non-hydrogen) atoms. The van der Waals surface area contributed by atoms with Crippen LogP contribution in [0.4, 0.5) is 0 Å². The molecule has 2 amide bonds. The number of nitrogens with one attached hydrogen (secondary N) is 1. The van der Waals surface area contributed by atoms with E-state index in [0.717, 1.165) is 24.5 Å². The fourth-order valence-electron chi connectivity index (χ4n) is 1.52. The van der Waals surface area contributed by atoms with Crippen LogP contribution in [0.25, 0.3) is 0 Å². The quantitative estimate of drug-likeness (QED) is 0.286. The van der Waals surface area contributed by atoms with Gasteiger partial charge in [-0.15, -0.1) is 0 Å². The molecule has 0 bridgehead atoms. The summed E-state index contributed by atoms with van der Waals surface area (Å²) in [6.45, 7) is 6.78. The highest BCUT2D eigenvalue weighted by Crippen LogP contribution is 2.09. The normalized spacial score (nSPS) is 12.0. The molecule has 0 aliphatic heterocycles. The van der Waals surface area contributed by atoms with Crippen molar-refractivity contribution in [2.24, 2.45) is 5.84 Å². The zero-order valence-corrected chi connectivity index (χ0v) is 12.4. The second kappa shape index (κ2) is 10.2. The number of hydrogen-bond donors (Lipinski definition) is 2. The van der Waals surface area contributed by atoms with Crippen LogP contribution >= 0.6 is 11.8 Å². The molecule has 6 heteroatoms. The van der Waals surface area contributed by atoms with Gasteiger partial charge < -0.3 is 4.90 Å². The smallest absolute Gasteiger partial charge is 0.234 e. The number of carbonyl (C=O) groups excluding carboxylic acids is 2. The van der Waals surface area contributed by atoms with E-state index in [-0.39, 0.29) is 17.9 Å². The van der Waals surface area contributed by atoms with Crippen molar-refractivity contribution in [2.45, 2.75) is 46.1 Å². The molecule has 0 radical (unpaired) electrons. The summed E-state index contributed by atoms with van der Waals surface area (Å²) in [4.78, 5) is 24.6. The molecule has 0 saturated carbocycles. The first-order valence-corrected chi connectivity index (χ1v) is 7.58. The van der Waals surface area contributed by atoms with Gasteiger partial charge in [0.2, 0.25) is 11.8 Å². The third kappa shape index (κ3) is 6.86. The molecule has 1 unspecified atom stereocenters. The summed E-state index contributed by atoms with van der Waals surface area (Å²) in [7, 11) is 0. The minimum Gasteiger partial charge on any atom is -0.339 e. The van der Waals surface area contributed by atoms with Crippen LogP contribution in [0.15, 0.2) is 0 Å². The topological polar surface area (TPSA) is 75.4 Å². The van der Waals surface area contributed by atoms with Crippen molar-refractivity contribution in [3.8, 4) is 0 Å². The summed E-state index contributed by atoms with van der Waals surface area (Å²) in [5, 5.41) is 0. The third-order valence-electron chi connectivity index (χ3n) is 2.86. The van der Waals surface area contributed by atoms with E-state index < -0.39 is 0 Å². The Kier molecular flexibility index (Phi) is 9.77. The summed E-state index contributed by atoms with van der Waals surface area (Å²) in [5.74, 6) is 6.63. The number of hydrazine groups is 1. The van der Waals surface area contributed by atoms with E-state index in [2.05, 4.69) is 19.3 Å². The minimum atomic E-state index is -0.147. The molecule has 0 spiro atoms. The Bertz CT molecular complexity index is 262. The molecule has 106 valence electrons. The summed E-state index contributed by atoms with van der Waals surface area (Å²) >= 11 is 1.67. The summed E-state index contributed by atoms with van der Waals surface area (Å²) in [5.41, 5.74) is 2.10. The van der Waals surface area contributed by atoms with E-state index in [1.165, 1.54) is 0 Å². The van der Waals surface area contributed by atoms with Crippen LogP contribution < -0.4 is 11.3 Å². The maximum absolute atomic E-state index is 11.8. The van der Waals surface area contributed by atoms with Gasteiger partial charge >= 0.3 is 0 Å². The lowest BCUT2D eigenvalue weighted by molar-refractivity contribution is -0.132. The van der Waals surface area contributed by atoms with E-state index in [9.17, 15) is 9.59 Å². The number of thioether (sulfide) groups is 1. The fraction of sp³-hybridized carbons (Fsp3) is 0.833. The standard InChI is InChI=1S/C12H25N3O2S/c1-4-10(3)15(12(17)5-2)7-9-18-8-6-11(16)14-13/h10H,4-9,13H2,1-3H3,(H,14,16). The Hall–Kier alpha value is -0.750. The molecular formula is C12H25N3O2S. The maximum Gasteiger partial charge on any atom is 0.234 e. The Balaban J connectivity index is 3.90. The SMILES string of the molecule is CCC(=O)N(CCSCCC(=O)NN)C(C)CC. The number of nitrogens with zero attached hydrogens (tertiary/aromatic N) is 1. The third-order valence-corrected chi connectivity index (χ3v) is 3.82. The molecule has 5 nitrogen and oxygen atoms in total. The van der Waals surface area contributed by atoms with Crippen molar-refractivity contribution in [2.75, 3.05) is 18.1 Å². The summed E-state index contributed by atoms with van der Waals surface area (Å²) in [6, 6.07) is 0.283. The lowest BCUT2D eigenvalue weighted by Gasteiger charge is -2.28. The number of amides is 2. The van der Waals surface area contributed by atoms with Crippen LogP contribution in [-0.4, -0.2) is 40.8 Å². The van der Waals surface area contributed by atoms with Crippen molar-refractivity contribution < 1.29 is 9.59 Å². The second-order valence-corrected chi connectivity index (χ2v) is 5.35. The van der Waals surface area contributed by atoms with Crippen molar-refractivity contribution in [1.29, 1.82) is 0 Å². The van der Waals surface area contributed by atoms with Crippen molar-refractivity contribution in [3.63, 3.8) is 0 Å². The van der Waals surface area contributed by atoms with Gasteiger partial charge in [0.15, 0.2) is 0 Å². The lowest BCUT2D eigenvalue weighted by Crippen LogP contribution is -2.39. The van der Waals surface area contributed by atoms with E-state index in [0.29, 0.717) is 12.8 Å². The molecule has 1 atom stereocenters. The first kappa shape index (κ1) is 17.2. The monoisotopic (exact) mass is 275 g/mol. The highest BCUT2D eigenvalue weighted by Gasteiger charge is 2.16. The molecule has 0 aromatic rings. The first-order valence-electron chi connectivity index (χ1n) is 6.43. The van der Waals surface area contributed by atoms with E-state index >= 15 is 0 Å². The van der Waals surface area contributed by atoms with Gasteiger partial charge in [-0.3, -0.25) is 15.0 Å². The highest BCUT2D eigenvalue weighted by atomic mass is 32.2. The van der Waals surface area contributed by atoms with Crippen LogP contribution in [0.5, 0.6) is 0 Å². The van der Waals surface area contributed by atoms with E-state index in [1.807, 2.05) is 11.8 Å². The molecule has 0 saturated heterocycles. The number of hydrogen-bond acceptors (Lipinski definition) is 4. The van der Waals surface area contributed by atoms with E-state index in [4.69, 9.17) is 5.84 Å². The molecule has 3 N–H and O–H groups in total. The highest BCUT2D eigenvalue weighted by molar-refractivity contribution is 7.99. The molecule has 0 aromatic heterocycles. The van der Waals surface area contributed by atoms with Crippen LogP contribution in [0.1, 0.15) is 40.0 Å². The van der Waals surface area contributed by atoms with Gasteiger partial charge in [0.25, 0.3) is 0 Å². The fourth-order valence-corrected chi connectivity index (χ4v) is 2.38. The van der Waals surface area contributed by atoms with Gasteiger partial charge in [-0.2, -0.15) is 11.8 Å². The van der Waals surface area contributed by atoms with Crippen molar-refractivity contribution in [1.82, 2.24) is 10.3 Å². The molecule has 0 fully saturated rings. The Morgan fingerprint density at radius 3 is 2.50 bits per heavy atom. The molecular weight excluding hydrogens is 250 g/mol. The van der Waals surface area contributed by atoms with Crippen molar-refractivity contribution >= 4 is 23.6 Å². The molecule has 0 aliphatic rings. The van der Waals surface area contributed by atoms with Gasteiger partial charge in [0.05, 0.1) is 0 Å². The van der Waals surface area contributed by atoms with Crippen molar-refractivity contribution in [3.05, 3.63) is 0 Å². The van der Waals surface area contributed by atoms with Crippen LogP contribution in [0.2, 0.25) is 0 Å². The number of carbonyl (C=O) groups is 2. The second-order valence-electron chi connectivity index (χ2n) is 4.13. The Morgan fingerprint density at radius 1 is 1.33 bits per heavy atom. The van der Waals surface area contributed by atoms with Gasteiger partial charge in [-0.1, -0.05) is 13.8 Å². The Labute approximate surface area is 114 Å². The lowest BCUT2D eigenvalue weighted by atomic mass is 10.2. The van der Waals surface area contributed by atoms with Crippen LogP contribution in [0, 0.1) is 0 Å². The molecule has 0 aromatic carbocycles. The predicted octanol–water partition coefficient (Wildman–Crippen LogP) is 1.14. The summed E-state index contributed by atoms with van der Waals surface area (Å²) in [6.07, 6.45) is 1.93. The zero-order chi connectivity index (χ0) is 14.0. The zero-order valence-electron chi connectivity index (χ0n) is 11.6. The Morgan fingerprint density at radius 2 is 2.00 bits per heavy atom. The van der Waals surface area contributed by atoms with E-state index in [1.54, 1.807) is 11.8 Å². The molecule has 0 rings (SSSR count). The average molecular weight is 275 g/mol. The van der Waals surface area contributed by atoms with Gasteiger partial charge in [-0.25, -0.2) is 5.84 Å². The average Bonchev–Trinajstić information content (AvgIpc) is 2.40. The predicted molar refractivity (Wildman–Crippen MR) is 76.0 cm³/mol. The van der Waals surface area contributed by atoms with Gasteiger partial charge in [-0.05, 0) is 13.3 Å². The number of rotatable bonds is 9. The number of nitrogens with two attached hydrogens (primary N) is 1.